The van der Waals surface area contributed by atoms with Crippen LogP contribution in [-0.4, -0.2) is 30.8 Å². The van der Waals surface area contributed by atoms with E-state index >= 15 is 0 Å². The summed E-state index contributed by atoms with van der Waals surface area (Å²) in [5, 5.41) is 12.3. The Kier molecular flexibility index (Phi) is 6.76. The first-order chi connectivity index (χ1) is 15.5. The van der Waals surface area contributed by atoms with Crippen molar-refractivity contribution in [3.63, 3.8) is 0 Å². The van der Waals surface area contributed by atoms with Crippen LogP contribution < -0.4 is 10.9 Å². The summed E-state index contributed by atoms with van der Waals surface area (Å²) in [6.45, 7) is 2.64. The fourth-order valence-corrected chi connectivity index (χ4v) is 4.37. The minimum atomic E-state index is -0.567. The highest BCUT2D eigenvalue weighted by molar-refractivity contribution is 7.99. The number of rotatable bonds is 8. The maximum atomic E-state index is 13.9. The first-order valence-electron chi connectivity index (χ1n) is 10.2. The molecule has 0 fully saturated rings. The monoisotopic (exact) mass is 473 g/mol. The molecule has 32 heavy (non-hydrogen) atoms. The van der Waals surface area contributed by atoms with Crippen LogP contribution in [0.3, 0.4) is 0 Å². The number of unbranched alkanes of at least 4 members (excludes halogenated alkanes) is 2. The predicted octanol–water partition coefficient (Wildman–Crippen LogP) is 4.76. The van der Waals surface area contributed by atoms with E-state index < -0.39 is 11.7 Å². The molecule has 0 radical (unpaired) electrons. The number of benzene rings is 2. The number of aromatic nitrogens is 4. The van der Waals surface area contributed by atoms with E-state index in [2.05, 4.69) is 22.4 Å². The Labute approximate surface area is 192 Å². The molecule has 7 nitrogen and oxygen atoms in total. The van der Waals surface area contributed by atoms with E-state index in [0.29, 0.717) is 33.4 Å². The summed E-state index contributed by atoms with van der Waals surface area (Å²) in [6, 6.07) is 11.2. The van der Waals surface area contributed by atoms with Gasteiger partial charge in [-0.2, -0.15) is 0 Å². The number of hydrogen-bond donors (Lipinski definition) is 1. The van der Waals surface area contributed by atoms with Crippen molar-refractivity contribution in [1.29, 1.82) is 0 Å². The van der Waals surface area contributed by atoms with Crippen molar-refractivity contribution >= 4 is 51.6 Å². The smallest absolute Gasteiger partial charge is 0.262 e. The second kappa shape index (κ2) is 9.70. The van der Waals surface area contributed by atoms with Gasteiger partial charge in [-0.1, -0.05) is 55.3 Å². The first-order valence-corrected chi connectivity index (χ1v) is 11.6. The van der Waals surface area contributed by atoms with Crippen molar-refractivity contribution in [3.8, 4) is 0 Å². The number of halogens is 2. The summed E-state index contributed by atoms with van der Waals surface area (Å²) in [5.74, 6) is -0.555. The van der Waals surface area contributed by atoms with E-state index in [9.17, 15) is 14.0 Å². The van der Waals surface area contributed by atoms with Gasteiger partial charge >= 0.3 is 0 Å². The maximum Gasteiger partial charge on any atom is 0.262 e. The summed E-state index contributed by atoms with van der Waals surface area (Å²) >= 11 is 7.04. The van der Waals surface area contributed by atoms with Crippen LogP contribution in [0.5, 0.6) is 0 Å². The molecular weight excluding hydrogens is 453 g/mol. The molecule has 2 aromatic carbocycles. The van der Waals surface area contributed by atoms with Crippen LogP contribution in [-0.2, 0) is 11.3 Å². The molecule has 0 atom stereocenters. The van der Waals surface area contributed by atoms with E-state index in [0.717, 1.165) is 31.0 Å². The molecule has 2 heterocycles. The largest absolute Gasteiger partial charge is 0.323 e. The van der Waals surface area contributed by atoms with Gasteiger partial charge in [0, 0.05) is 11.6 Å². The van der Waals surface area contributed by atoms with Crippen LogP contribution in [0, 0.1) is 5.82 Å². The van der Waals surface area contributed by atoms with Gasteiger partial charge in [-0.05, 0) is 36.8 Å². The number of nitrogens with zero attached hydrogens (tertiary/aromatic N) is 4. The maximum absolute atomic E-state index is 13.9. The molecule has 0 aliphatic carbocycles. The molecule has 0 aliphatic rings. The number of anilines is 1. The van der Waals surface area contributed by atoms with Crippen LogP contribution in [0.4, 0.5) is 10.1 Å². The Bertz CT molecular complexity index is 1350. The minimum Gasteiger partial charge on any atom is -0.323 e. The van der Waals surface area contributed by atoms with Crippen molar-refractivity contribution in [2.45, 2.75) is 37.9 Å². The minimum absolute atomic E-state index is 0.0178. The van der Waals surface area contributed by atoms with E-state index in [4.69, 9.17) is 11.6 Å². The van der Waals surface area contributed by atoms with Gasteiger partial charge in [0.25, 0.3) is 5.56 Å². The molecular formula is C22H21ClFN5O2S. The molecule has 0 bridgehead atoms. The lowest BCUT2D eigenvalue weighted by Gasteiger charge is -2.11. The van der Waals surface area contributed by atoms with Gasteiger partial charge in [-0.25, -0.2) is 4.39 Å². The predicted molar refractivity (Wildman–Crippen MR) is 125 cm³/mol. The summed E-state index contributed by atoms with van der Waals surface area (Å²) in [4.78, 5) is 25.5. The molecule has 4 aromatic rings. The number of para-hydroxylation sites is 1. The van der Waals surface area contributed by atoms with Crippen molar-refractivity contribution < 1.29 is 9.18 Å². The zero-order valence-corrected chi connectivity index (χ0v) is 18.9. The summed E-state index contributed by atoms with van der Waals surface area (Å²) < 4.78 is 17.3. The SMILES string of the molecule is CCCCCn1c(=O)c2ccccc2n2c(SCC(=O)Nc3cc(Cl)ccc3F)nnc12. The number of carbonyl (C=O) groups is 1. The molecule has 0 unspecified atom stereocenters. The number of hydrogen-bond acceptors (Lipinski definition) is 5. The van der Waals surface area contributed by atoms with Crippen LogP contribution in [0.1, 0.15) is 26.2 Å². The Hall–Kier alpha value is -2.91. The summed E-state index contributed by atoms with van der Waals surface area (Å²) in [6.07, 6.45) is 2.89. The zero-order valence-electron chi connectivity index (χ0n) is 17.3. The number of carbonyl (C=O) groups excluding carboxylic acids is 1. The highest BCUT2D eigenvalue weighted by Gasteiger charge is 2.18. The van der Waals surface area contributed by atoms with Gasteiger partial charge < -0.3 is 5.32 Å². The Morgan fingerprint density at radius 1 is 1.19 bits per heavy atom. The highest BCUT2D eigenvalue weighted by atomic mass is 35.5. The van der Waals surface area contributed by atoms with Crippen LogP contribution in [0.2, 0.25) is 5.02 Å². The average Bonchev–Trinajstić information content (AvgIpc) is 3.21. The molecule has 2 aromatic heterocycles. The second-order valence-electron chi connectivity index (χ2n) is 7.26. The van der Waals surface area contributed by atoms with E-state index in [1.54, 1.807) is 15.0 Å². The van der Waals surface area contributed by atoms with Gasteiger partial charge in [-0.15, -0.1) is 10.2 Å². The van der Waals surface area contributed by atoms with Gasteiger partial charge in [0.15, 0.2) is 5.16 Å². The van der Waals surface area contributed by atoms with Crippen LogP contribution in [0.25, 0.3) is 16.7 Å². The van der Waals surface area contributed by atoms with Gasteiger partial charge in [0.2, 0.25) is 11.7 Å². The number of thioether (sulfide) groups is 1. The molecule has 0 saturated heterocycles. The van der Waals surface area contributed by atoms with Gasteiger partial charge in [0.1, 0.15) is 5.82 Å². The topological polar surface area (TPSA) is 81.3 Å². The average molecular weight is 474 g/mol. The van der Waals surface area contributed by atoms with E-state index in [-0.39, 0.29) is 17.0 Å². The fourth-order valence-electron chi connectivity index (χ4n) is 3.46. The Morgan fingerprint density at radius 3 is 2.81 bits per heavy atom. The molecule has 0 aliphatic heterocycles. The fraction of sp³-hybridized carbons (Fsp3) is 0.273. The van der Waals surface area contributed by atoms with Crippen molar-refractivity contribution in [2.24, 2.45) is 0 Å². The highest BCUT2D eigenvalue weighted by Crippen LogP contribution is 2.23. The lowest BCUT2D eigenvalue weighted by Crippen LogP contribution is -2.23. The normalized spacial score (nSPS) is 11.3. The molecule has 0 spiro atoms. The number of nitrogens with one attached hydrogen (secondary N) is 1. The standard InChI is InChI=1S/C22H21ClFN5O2S/c1-2-3-6-11-28-20(31)15-7-4-5-8-18(15)29-21(28)26-27-22(29)32-13-19(30)25-17-12-14(23)9-10-16(17)24/h4-5,7-10,12H,2-3,6,11,13H2,1H3,(H,25,30). The zero-order chi connectivity index (χ0) is 22.7. The number of fused-ring (bicyclic) bond motifs is 3. The number of amides is 1. The van der Waals surface area contributed by atoms with Gasteiger partial charge in [0.05, 0.1) is 22.3 Å². The molecule has 0 saturated carbocycles. The molecule has 1 N–H and O–H groups in total. The second-order valence-corrected chi connectivity index (χ2v) is 8.64. The van der Waals surface area contributed by atoms with Crippen molar-refractivity contribution in [3.05, 3.63) is 63.7 Å². The third-order valence-corrected chi connectivity index (χ3v) is 6.16. The third kappa shape index (κ3) is 4.49. The van der Waals surface area contributed by atoms with Gasteiger partial charge in [-0.3, -0.25) is 18.6 Å². The van der Waals surface area contributed by atoms with E-state index in [1.165, 1.54) is 18.2 Å². The first kappa shape index (κ1) is 22.3. The molecule has 1 amide bonds. The van der Waals surface area contributed by atoms with Crippen LogP contribution in [0.15, 0.2) is 52.4 Å². The third-order valence-electron chi connectivity index (χ3n) is 5.00. The Balaban J connectivity index is 1.64. The van der Waals surface area contributed by atoms with E-state index in [1.807, 2.05) is 18.2 Å². The van der Waals surface area contributed by atoms with Crippen LogP contribution >= 0.6 is 23.4 Å². The molecule has 10 heteroatoms. The quantitative estimate of drug-likeness (QED) is 0.295. The van der Waals surface area contributed by atoms with Crippen molar-refractivity contribution in [1.82, 2.24) is 19.2 Å². The van der Waals surface area contributed by atoms with Crippen molar-refractivity contribution in [2.75, 3.05) is 11.1 Å². The molecule has 166 valence electrons. The molecule has 4 rings (SSSR count). The summed E-state index contributed by atoms with van der Waals surface area (Å²) in [5.41, 5.74) is 0.583. The summed E-state index contributed by atoms with van der Waals surface area (Å²) in [7, 11) is 0. The number of aryl methyl sites for hydroxylation is 1. The Morgan fingerprint density at radius 2 is 2.00 bits per heavy atom. The lowest BCUT2D eigenvalue weighted by molar-refractivity contribution is -0.113. The lowest BCUT2D eigenvalue weighted by atomic mass is 10.2.